The highest BCUT2D eigenvalue weighted by molar-refractivity contribution is 6.99. The zero-order valence-corrected chi connectivity index (χ0v) is 26.9. The molecule has 6 atom stereocenters. The summed E-state index contributed by atoms with van der Waals surface area (Å²) >= 11 is 0. The Hall–Kier alpha value is -2.85. The molecule has 7 nitrogen and oxygen atoms in total. The molecule has 0 bridgehead atoms. The molecule has 0 aliphatic carbocycles. The fourth-order valence-corrected chi connectivity index (χ4v) is 10.6. The van der Waals surface area contributed by atoms with Gasteiger partial charge in [-0.3, -0.25) is 0 Å². The fraction of sp³-hybridized carbons (Fsp3) is 0.457. The van der Waals surface area contributed by atoms with Crippen molar-refractivity contribution in [2.75, 3.05) is 6.61 Å². The number of rotatable bonds is 12. The molecule has 3 aromatic rings. The second-order valence-electron chi connectivity index (χ2n) is 12.4. The van der Waals surface area contributed by atoms with E-state index in [-0.39, 0.29) is 30.0 Å². The Kier molecular flexibility index (Phi) is 11.3. The Balaban J connectivity index is 1.66. The first-order valence-electron chi connectivity index (χ1n) is 15.2. The molecule has 3 aromatic carbocycles. The Morgan fingerprint density at radius 1 is 0.907 bits per heavy atom. The van der Waals surface area contributed by atoms with E-state index in [1.807, 2.05) is 32.0 Å². The van der Waals surface area contributed by atoms with E-state index in [1.54, 1.807) is 24.3 Å². The van der Waals surface area contributed by atoms with Crippen molar-refractivity contribution < 1.29 is 33.6 Å². The van der Waals surface area contributed by atoms with Gasteiger partial charge in [0.2, 0.25) is 0 Å². The second-order valence-corrected chi connectivity index (χ2v) is 16.7. The van der Waals surface area contributed by atoms with Crippen LogP contribution in [0, 0.1) is 0 Å². The minimum absolute atomic E-state index is 0.235. The molecule has 5 unspecified atom stereocenters. The molecule has 4 rings (SSSR count). The summed E-state index contributed by atoms with van der Waals surface area (Å²) in [6.45, 7) is 10.3. The molecule has 0 saturated carbocycles. The molecule has 1 fully saturated rings. The molecule has 1 heterocycles. The Labute approximate surface area is 256 Å². The molecule has 1 saturated heterocycles. The molecular weight excluding hydrogens is 560 g/mol. The predicted octanol–water partition coefficient (Wildman–Crippen LogP) is 4.83. The summed E-state index contributed by atoms with van der Waals surface area (Å²) in [5.74, 6) is -0.454. The van der Waals surface area contributed by atoms with Gasteiger partial charge >= 0.3 is 5.97 Å². The third kappa shape index (κ3) is 8.00. The van der Waals surface area contributed by atoms with Gasteiger partial charge in [0, 0.05) is 6.42 Å². The lowest BCUT2D eigenvalue weighted by atomic mass is 10.0. The van der Waals surface area contributed by atoms with Crippen LogP contribution < -0.4 is 10.4 Å². The Bertz CT molecular complexity index is 1230. The van der Waals surface area contributed by atoms with E-state index in [4.69, 9.17) is 18.6 Å². The minimum Gasteiger partial charge on any atom is -0.453 e. The lowest BCUT2D eigenvalue weighted by Crippen LogP contribution is -2.69. The van der Waals surface area contributed by atoms with E-state index in [0.717, 1.165) is 10.4 Å². The van der Waals surface area contributed by atoms with Crippen molar-refractivity contribution in [3.05, 3.63) is 96.6 Å². The number of aliphatic hydroxyl groups excluding tert-OH is 2. The van der Waals surface area contributed by atoms with Crippen molar-refractivity contribution in [2.45, 2.75) is 95.7 Å². The predicted molar refractivity (Wildman–Crippen MR) is 170 cm³/mol. The van der Waals surface area contributed by atoms with Gasteiger partial charge in [0.1, 0.15) is 0 Å². The summed E-state index contributed by atoms with van der Waals surface area (Å²) in [5.41, 5.74) is 0.448. The van der Waals surface area contributed by atoms with Crippen LogP contribution in [-0.4, -0.2) is 67.9 Å². The van der Waals surface area contributed by atoms with Crippen molar-refractivity contribution >= 4 is 24.7 Å². The van der Waals surface area contributed by atoms with Crippen molar-refractivity contribution in [3.63, 3.8) is 0 Å². The number of carbonyl (C=O) groups excluding carboxylic acids is 1. The van der Waals surface area contributed by atoms with Gasteiger partial charge in [0.15, 0.2) is 12.4 Å². The maximum Gasteiger partial charge on any atom is 0.338 e. The Morgan fingerprint density at radius 3 is 1.95 bits per heavy atom. The average Bonchev–Trinajstić information content (AvgIpc) is 3.01. The highest BCUT2D eigenvalue weighted by Crippen LogP contribution is 2.40. The number of carbonyl (C=O) groups is 1. The second kappa shape index (κ2) is 14.7. The minimum atomic E-state index is -2.91. The fourth-order valence-electron chi connectivity index (χ4n) is 5.80. The van der Waals surface area contributed by atoms with E-state index >= 15 is 0 Å². The zero-order valence-electron chi connectivity index (χ0n) is 25.9. The molecule has 232 valence electrons. The number of hydrogen-bond acceptors (Lipinski definition) is 7. The van der Waals surface area contributed by atoms with Crippen molar-refractivity contribution in [1.29, 1.82) is 0 Å². The third-order valence-electron chi connectivity index (χ3n) is 8.14. The topological polar surface area (TPSA) is 94.5 Å². The largest absolute Gasteiger partial charge is 0.453 e. The summed E-state index contributed by atoms with van der Waals surface area (Å²) in [4.78, 5) is 13.2. The molecule has 0 amide bonds. The van der Waals surface area contributed by atoms with Crippen LogP contribution in [0.4, 0.5) is 0 Å². The van der Waals surface area contributed by atoms with Gasteiger partial charge < -0.3 is 28.8 Å². The summed E-state index contributed by atoms with van der Waals surface area (Å²) in [7, 11) is -2.91. The third-order valence-corrected chi connectivity index (χ3v) is 13.2. The normalized spacial score (nSPS) is 22.5. The van der Waals surface area contributed by atoms with Gasteiger partial charge in [-0.2, -0.15) is 0 Å². The maximum atomic E-state index is 13.2. The van der Waals surface area contributed by atoms with Crippen LogP contribution in [0.2, 0.25) is 5.04 Å². The number of ether oxygens (including phenoxy) is 3. The average molecular weight is 607 g/mol. The van der Waals surface area contributed by atoms with Crippen molar-refractivity contribution in [3.8, 4) is 0 Å². The number of esters is 1. The van der Waals surface area contributed by atoms with Crippen LogP contribution in [0.5, 0.6) is 0 Å². The van der Waals surface area contributed by atoms with E-state index in [1.165, 1.54) is 0 Å². The highest BCUT2D eigenvalue weighted by atomic mass is 28.4. The van der Waals surface area contributed by atoms with Crippen LogP contribution in [0.3, 0.4) is 0 Å². The van der Waals surface area contributed by atoms with E-state index in [9.17, 15) is 15.0 Å². The molecule has 1 aliphatic rings. The van der Waals surface area contributed by atoms with Crippen LogP contribution in [0.1, 0.15) is 64.2 Å². The molecule has 1 aliphatic heterocycles. The van der Waals surface area contributed by atoms with Crippen LogP contribution >= 0.6 is 0 Å². The monoisotopic (exact) mass is 606 g/mol. The van der Waals surface area contributed by atoms with Gasteiger partial charge in [-0.15, -0.1) is 0 Å². The zero-order chi connectivity index (χ0) is 31.0. The van der Waals surface area contributed by atoms with Gasteiger partial charge in [-0.05, 0) is 54.2 Å². The number of benzene rings is 3. The van der Waals surface area contributed by atoms with E-state index < -0.39 is 32.8 Å². The van der Waals surface area contributed by atoms with Crippen LogP contribution in [-0.2, 0) is 18.6 Å². The molecule has 2 N–H and O–H groups in total. The first kappa shape index (κ1) is 33.0. The standard InChI is InChI=1S/C35H46O7Si/c1-25(21-22-28(37)24-36)39-34-32(41-33(38)27-15-9-6-10-16-27)23-31(26(2)40-34)42-43(35(3,4)5,29-17-11-7-12-18-29)30-19-13-8-14-20-30/h6-20,25-26,28,31-32,34,36-37H,21-24H2,1-5H3/t25-,26?,28?,31?,32?,34?/m1/s1. The maximum absolute atomic E-state index is 13.2. The smallest absolute Gasteiger partial charge is 0.338 e. The highest BCUT2D eigenvalue weighted by Gasteiger charge is 2.53. The Morgan fingerprint density at radius 2 is 1.44 bits per heavy atom. The van der Waals surface area contributed by atoms with Crippen LogP contribution in [0.15, 0.2) is 91.0 Å². The lowest BCUT2D eigenvalue weighted by Gasteiger charge is -2.48. The quantitative estimate of drug-likeness (QED) is 0.225. The summed E-state index contributed by atoms with van der Waals surface area (Å²) in [6, 6.07) is 29.8. The van der Waals surface area contributed by atoms with Crippen molar-refractivity contribution in [2.24, 2.45) is 0 Å². The first-order chi connectivity index (χ1) is 20.5. The molecular formula is C35H46O7Si. The van der Waals surface area contributed by atoms with E-state index in [2.05, 4.69) is 69.3 Å². The van der Waals surface area contributed by atoms with Crippen molar-refractivity contribution in [1.82, 2.24) is 0 Å². The first-order valence-corrected chi connectivity index (χ1v) is 17.1. The molecule has 0 radical (unpaired) electrons. The van der Waals surface area contributed by atoms with Gasteiger partial charge in [0.05, 0.1) is 36.6 Å². The number of hydrogen-bond donors (Lipinski definition) is 2. The molecule has 0 aromatic heterocycles. The van der Waals surface area contributed by atoms with E-state index in [0.29, 0.717) is 24.8 Å². The van der Waals surface area contributed by atoms with Gasteiger partial charge in [-0.1, -0.05) is 99.6 Å². The molecule has 0 spiro atoms. The molecule has 8 heteroatoms. The van der Waals surface area contributed by atoms with Crippen LogP contribution in [0.25, 0.3) is 0 Å². The SMILES string of the molecule is CC1OC(O[C@H](C)CCC(O)CO)C(OC(=O)c2ccccc2)CC1O[Si](c1ccccc1)(c1ccccc1)C(C)(C)C. The van der Waals surface area contributed by atoms with Gasteiger partial charge in [-0.25, -0.2) is 4.79 Å². The van der Waals surface area contributed by atoms with Gasteiger partial charge in [0.25, 0.3) is 8.32 Å². The summed E-state index contributed by atoms with van der Waals surface area (Å²) in [6.07, 6.45) is -2.11. The summed E-state index contributed by atoms with van der Waals surface area (Å²) in [5, 5.41) is 21.1. The summed E-state index contributed by atoms with van der Waals surface area (Å²) < 4.78 is 26.2. The number of aliphatic hydroxyl groups is 2. The molecule has 43 heavy (non-hydrogen) atoms. The lowest BCUT2D eigenvalue weighted by molar-refractivity contribution is -0.271.